The molecular formula is C14H16F2N2O. The minimum atomic E-state index is -0.698. The second kappa shape index (κ2) is 5.98. The highest BCUT2D eigenvalue weighted by atomic mass is 19.1. The van der Waals surface area contributed by atoms with Crippen LogP contribution >= 0.6 is 0 Å². The van der Waals surface area contributed by atoms with Gasteiger partial charge in [0.1, 0.15) is 5.69 Å². The molecule has 0 aliphatic carbocycles. The molecule has 5 heteroatoms. The number of ether oxygens (including phenoxy) is 1. The van der Waals surface area contributed by atoms with E-state index in [9.17, 15) is 8.78 Å². The molecule has 0 radical (unpaired) electrons. The third-order valence-corrected chi connectivity index (χ3v) is 3.31. The zero-order chi connectivity index (χ0) is 13.8. The first-order chi connectivity index (χ1) is 9.11. The molecule has 0 N–H and O–H groups in total. The number of hydrogen-bond acceptors (Lipinski definition) is 3. The number of rotatable bonds is 3. The fraction of sp³-hybridized carbons (Fsp3) is 0.500. The summed E-state index contributed by atoms with van der Waals surface area (Å²) in [5, 5.41) is 8.66. The van der Waals surface area contributed by atoms with Crippen molar-refractivity contribution in [2.24, 2.45) is 5.92 Å². The smallest absolute Gasteiger partial charge is 0.150 e. The topological polar surface area (TPSA) is 36.3 Å². The van der Waals surface area contributed by atoms with Crippen LogP contribution in [0, 0.1) is 28.9 Å². The van der Waals surface area contributed by atoms with Crippen molar-refractivity contribution in [3.05, 3.63) is 29.3 Å². The minimum absolute atomic E-state index is 0.00634. The number of nitrogens with zero attached hydrogens (tertiary/aromatic N) is 2. The lowest BCUT2D eigenvalue weighted by Gasteiger charge is -2.28. The Kier molecular flexibility index (Phi) is 4.33. The SMILES string of the molecule is CN(CC1CCCOC1)c1c(F)cc(C#N)cc1F. The van der Waals surface area contributed by atoms with E-state index >= 15 is 0 Å². The molecule has 2 rings (SSSR count). The van der Waals surface area contributed by atoms with E-state index < -0.39 is 11.6 Å². The molecule has 1 fully saturated rings. The largest absolute Gasteiger partial charge is 0.381 e. The van der Waals surface area contributed by atoms with Gasteiger partial charge in [0.25, 0.3) is 0 Å². The van der Waals surface area contributed by atoms with Crippen molar-refractivity contribution in [3.8, 4) is 6.07 Å². The normalized spacial score (nSPS) is 18.9. The fourth-order valence-electron chi connectivity index (χ4n) is 2.42. The van der Waals surface area contributed by atoms with E-state index in [1.807, 2.05) is 0 Å². The molecule has 0 bridgehead atoms. The van der Waals surface area contributed by atoms with E-state index in [0.29, 0.717) is 13.2 Å². The molecule has 19 heavy (non-hydrogen) atoms. The summed E-state index contributed by atoms with van der Waals surface area (Å²) in [6.07, 6.45) is 1.99. The average Bonchev–Trinajstić information content (AvgIpc) is 2.38. The van der Waals surface area contributed by atoms with E-state index in [-0.39, 0.29) is 17.2 Å². The zero-order valence-electron chi connectivity index (χ0n) is 10.8. The Bertz CT molecular complexity index is 470. The van der Waals surface area contributed by atoms with Crippen molar-refractivity contribution in [1.29, 1.82) is 5.26 Å². The molecule has 1 saturated heterocycles. The Balaban J connectivity index is 2.14. The minimum Gasteiger partial charge on any atom is -0.381 e. The van der Waals surface area contributed by atoms with Crippen molar-refractivity contribution in [2.75, 3.05) is 31.7 Å². The molecule has 102 valence electrons. The summed E-state index contributed by atoms with van der Waals surface area (Å²) in [5.41, 5.74) is -0.0854. The van der Waals surface area contributed by atoms with Crippen molar-refractivity contribution in [3.63, 3.8) is 0 Å². The Morgan fingerprint density at radius 3 is 2.63 bits per heavy atom. The summed E-state index contributed by atoms with van der Waals surface area (Å²) in [7, 11) is 1.65. The number of anilines is 1. The van der Waals surface area contributed by atoms with Gasteiger partial charge in [0.2, 0.25) is 0 Å². The van der Waals surface area contributed by atoms with Gasteiger partial charge in [0, 0.05) is 20.2 Å². The van der Waals surface area contributed by atoms with E-state index in [4.69, 9.17) is 10.00 Å². The van der Waals surface area contributed by atoms with Crippen LogP contribution in [0.15, 0.2) is 12.1 Å². The molecule has 1 aliphatic rings. The van der Waals surface area contributed by atoms with Gasteiger partial charge in [-0.1, -0.05) is 0 Å². The van der Waals surface area contributed by atoms with E-state index in [1.165, 1.54) is 0 Å². The van der Waals surface area contributed by atoms with Crippen LogP contribution in [-0.2, 0) is 4.74 Å². The summed E-state index contributed by atoms with van der Waals surface area (Å²) in [6, 6.07) is 3.86. The molecule has 0 amide bonds. The summed E-state index contributed by atoms with van der Waals surface area (Å²) >= 11 is 0. The number of nitriles is 1. The molecular weight excluding hydrogens is 250 g/mol. The molecule has 1 aromatic rings. The average molecular weight is 266 g/mol. The van der Waals surface area contributed by atoms with Crippen LogP contribution in [-0.4, -0.2) is 26.8 Å². The number of hydrogen-bond donors (Lipinski definition) is 0. The van der Waals surface area contributed by atoms with Gasteiger partial charge in [0.05, 0.1) is 18.2 Å². The third-order valence-electron chi connectivity index (χ3n) is 3.31. The quantitative estimate of drug-likeness (QED) is 0.844. The molecule has 1 aromatic carbocycles. The lowest BCUT2D eigenvalue weighted by molar-refractivity contribution is 0.0575. The van der Waals surface area contributed by atoms with Gasteiger partial charge < -0.3 is 9.64 Å². The molecule has 3 nitrogen and oxygen atoms in total. The highest BCUT2D eigenvalue weighted by Crippen LogP contribution is 2.26. The summed E-state index contributed by atoms with van der Waals surface area (Å²) in [4.78, 5) is 1.56. The molecule has 1 heterocycles. The maximum Gasteiger partial charge on any atom is 0.150 e. The Hall–Kier alpha value is -1.67. The van der Waals surface area contributed by atoms with Gasteiger partial charge in [-0.15, -0.1) is 0 Å². The second-order valence-corrected chi connectivity index (χ2v) is 4.86. The third kappa shape index (κ3) is 3.21. The van der Waals surface area contributed by atoms with Crippen LogP contribution in [0.1, 0.15) is 18.4 Å². The Labute approximate surface area is 111 Å². The molecule has 0 saturated carbocycles. The van der Waals surface area contributed by atoms with Gasteiger partial charge in [-0.25, -0.2) is 8.78 Å². The molecule has 1 aliphatic heterocycles. The maximum absolute atomic E-state index is 13.8. The molecule has 0 aromatic heterocycles. The maximum atomic E-state index is 13.8. The fourth-order valence-corrected chi connectivity index (χ4v) is 2.42. The summed E-state index contributed by atoms with van der Waals surface area (Å²) in [5.74, 6) is -1.11. The van der Waals surface area contributed by atoms with Crippen LogP contribution in [0.5, 0.6) is 0 Å². The first-order valence-corrected chi connectivity index (χ1v) is 6.30. The Morgan fingerprint density at radius 1 is 1.42 bits per heavy atom. The number of halogens is 2. The first-order valence-electron chi connectivity index (χ1n) is 6.30. The Morgan fingerprint density at radius 2 is 2.11 bits per heavy atom. The van der Waals surface area contributed by atoms with Crippen LogP contribution in [0.25, 0.3) is 0 Å². The first kappa shape index (κ1) is 13.8. The van der Waals surface area contributed by atoms with Gasteiger partial charge >= 0.3 is 0 Å². The van der Waals surface area contributed by atoms with Crippen LogP contribution in [0.4, 0.5) is 14.5 Å². The van der Waals surface area contributed by atoms with Crippen molar-refractivity contribution < 1.29 is 13.5 Å². The second-order valence-electron chi connectivity index (χ2n) is 4.86. The van der Waals surface area contributed by atoms with Gasteiger partial charge in [0.15, 0.2) is 11.6 Å². The molecule has 0 spiro atoms. The molecule has 1 atom stereocenters. The van der Waals surface area contributed by atoms with Gasteiger partial charge in [-0.3, -0.25) is 0 Å². The van der Waals surface area contributed by atoms with Crippen LogP contribution < -0.4 is 4.90 Å². The lowest BCUT2D eigenvalue weighted by atomic mass is 10.0. The van der Waals surface area contributed by atoms with E-state index in [2.05, 4.69) is 0 Å². The van der Waals surface area contributed by atoms with E-state index in [1.54, 1.807) is 18.0 Å². The lowest BCUT2D eigenvalue weighted by Crippen LogP contribution is -2.31. The summed E-state index contributed by atoms with van der Waals surface area (Å²) in [6.45, 7) is 1.93. The molecule has 1 unspecified atom stereocenters. The van der Waals surface area contributed by atoms with Crippen molar-refractivity contribution >= 4 is 5.69 Å². The monoisotopic (exact) mass is 266 g/mol. The zero-order valence-corrected chi connectivity index (χ0v) is 10.8. The van der Waals surface area contributed by atoms with Crippen LogP contribution in [0.2, 0.25) is 0 Å². The standard InChI is InChI=1S/C14H16F2N2O/c1-18(8-10-3-2-4-19-9-10)14-12(15)5-11(7-17)6-13(14)16/h5-6,10H,2-4,8-9H2,1H3. The van der Waals surface area contributed by atoms with Gasteiger partial charge in [-0.05, 0) is 30.9 Å². The van der Waals surface area contributed by atoms with Gasteiger partial charge in [-0.2, -0.15) is 5.26 Å². The predicted molar refractivity (Wildman–Crippen MR) is 67.9 cm³/mol. The van der Waals surface area contributed by atoms with E-state index in [0.717, 1.165) is 31.6 Å². The number of benzene rings is 1. The van der Waals surface area contributed by atoms with Crippen molar-refractivity contribution in [2.45, 2.75) is 12.8 Å². The predicted octanol–water partition coefficient (Wildman–Crippen LogP) is 2.70. The highest BCUT2D eigenvalue weighted by molar-refractivity contribution is 5.52. The van der Waals surface area contributed by atoms with Crippen molar-refractivity contribution in [1.82, 2.24) is 0 Å². The summed E-state index contributed by atoms with van der Waals surface area (Å²) < 4.78 is 33.0. The highest BCUT2D eigenvalue weighted by Gasteiger charge is 2.20. The van der Waals surface area contributed by atoms with Crippen LogP contribution in [0.3, 0.4) is 0 Å².